The number of rotatable bonds is 3. The molecule has 0 bridgehead atoms. The Labute approximate surface area is 158 Å². The highest BCUT2D eigenvalue weighted by atomic mass is 16.2. The number of aliphatic imine (C=N–C) groups is 1. The van der Waals surface area contributed by atoms with Crippen molar-refractivity contribution in [3.63, 3.8) is 0 Å². The van der Waals surface area contributed by atoms with E-state index in [0.717, 1.165) is 36.5 Å². The molecular weight excluding hydrogens is 342 g/mol. The smallest absolute Gasteiger partial charge is 0.327 e. The first kappa shape index (κ1) is 17.4. The number of carbonyl (C=O) groups excluding carboxylic acids is 1. The van der Waals surface area contributed by atoms with E-state index < -0.39 is 0 Å². The van der Waals surface area contributed by atoms with Crippen molar-refractivity contribution in [1.29, 1.82) is 5.26 Å². The number of nitriles is 1. The summed E-state index contributed by atoms with van der Waals surface area (Å²) in [6.45, 7) is 1.86. The Hall–Kier alpha value is -3.05. The van der Waals surface area contributed by atoms with Gasteiger partial charge in [-0.3, -0.25) is 9.80 Å². The molecule has 140 valence electrons. The van der Waals surface area contributed by atoms with Gasteiger partial charge in [-0.05, 0) is 24.5 Å². The second-order valence-corrected chi connectivity index (χ2v) is 7.13. The minimum absolute atomic E-state index is 0.0793. The zero-order valence-electron chi connectivity index (χ0n) is 15.3. The number of urea groups is 1. The first-order valence-electron chi connectivity index (χ1n) is 9.15. The van der Waals surface area contributed by atoms with Crippen LogP contribution in [-0.2, 0) is 6.54 Å². The summed E-state index contributed by atoms with van der Waals surface area (Å²) in [6.07, 6.45) is 3.27. The van der Waals surface area contributed by atoms with Crippen LogP contribution in [0.25, 0.3) is 0 Å². The molecule has 2 amide bonds. The molecule has 4 rings (SSSR count). The molecule has 2 atom stereocenters. The van der Waals surface area contributed by atoms with Crippen LogP contribution in [0.1, 0.15) is 24.0 Å². The van der Waals surface area contributed by atoms with Crippen LogP contribution in [0, 0.1) is 11.3 Å². The molecule has 3 aliphatic heterocycles. The normalized spacial score (nSPS) is 24.8. The lowest BCUT2D eigenvalue weighted by molar-refractivity contribution is 0.114. The SMILES string of the molecule is CN1C(=O)N(Cc2ccccc2C#N)C(N2CCCC(N)C2)=C2NC=NC21. The number of likely N-dealkylation sites (tertiary alicyclic amines) is 1. The van der Waals surface area contributed by atoms with Crippen molar-refractivity contribution in [3.8, 4) is 6.07 Å². The van der Waals surface area contributed by atoms with Crippen molar-refractivity contribution in [3.05, 3.63) is 46.9 Å². The maximum Gasteiger partial charge on any atom is 0.327 e. The van der Waals surface area contributed by atoms with Gasteiger partial charge in [0.05, 0.1) is 24.5 Å². The zero-order chi connectivity index (χ0) is 19.0. The summed E-state index contributed by atoms with van der Waals surface area (Å²) in [5, 5.41) is 12.7. The number of hydrogen-bond donors (Lipinski definition) is 2. The average molecular weight is 365 g/mol. The summed E-state index contributed by atoms with van der Waals surface area (Å²) in [7, 11) is 1.75. The quantitative estimate of drug-likeness (QED) is 0.831. The lowest BCUT2D eigenvalue weighted by Gasteiger charge is -2.45. The third kappa shape index (κ3) is 3.00. The summed E-state index contributed by atoms with van der Waals surface area (Å²) < 4.78 is 0. The number of nitrogens with zero attached hydrogens (tertiary/aromatic N) is 5. The lowest BCUT2D eigenvalue weighted by atomic mass is 10.0. The Kier molecular flexibility index (Phi) is 4.46. The fourth-order valence-corrected chi connectivity index (χ4v) is 3.95. The van der Waals surface area contributed by atoms with Crippen molar-refractivity contribution in [2.24, 2.45) is 10.7 Å². The summed E-state index contributed by atoms with van der Waals surface area (Å²) >= 11 is 0. The van der Waals surface area contributed by atoms with Gasteiger partial charge in [-0.15, -0.1) is 0 Å². The van der Waals surface area contributed by atoms with Crippen LogP contribution in [0.4, 0.5) is 4.79 Å². The Morgan fingerprint density at radius 3 is 3.00 bits per heavy atom. The summed E-state index contributed by atoms with van der Waals surface area (Å²) in [5.74, 6) is 0.823. The van der Waals surface area contributed by atoms with Crippen LogP contribution < -0.4 is 11.1 Å². The highest BCUT2D eigenvalue weighted by Gasteiger charge is 2.42. The molecule has 1 aromatic carbocycles. The van der Waals surface area contributed by atoms with E-state index in [1.165, 1.54) is 0 Å². The van der Waals surface area contributed by atoms with Gasteiger partial charge in [-0.2, -0.15) is 5.26 Å². The second kappa shape index (κ2) is 6.93. The number of hydrogen-bond acceptors (Lipinski definition) is 6. The third-order valence-electron chi connectivity index (χ3n) is 5.31. The van der Waals surface area contributed by atoms with Gasteiger partial charge < -0.3 is 16.0 Å². The van der Waals surface area contributed by atoms with Crippen molar-refractivity contribution in [2.45, 2.75) is 31.6 Å². The van der Waals surface area contributed by atoms with E-state index in [0.29, 0.717) is 18.7 Å². The highest BCUT2D eigenvalue weighted by Crippen LogP contribution is 2.32. The molecule has 3 N–H and O–H groups in total. The van der Waals surface area contributed by atoms with Gasteiger partial charge in [0.15, 0.2) is 6.17 Å². The predicted molar refractivity (Wildman–Crippen MR) is 101 cm³/mol. The van der Waals surface area contributed by atoms with Crippen LogP contribution in [-0.4, -0.2) is 59.4 Å². The Morgan fingerprint density at radius 2 is 2.22 bits per heavy atom. The molecule has 0 saturated carbocycles. The molecule has 8 nitrogen and oxygen atoms in total. The second-order valence-electron chi connectivity index (χ2n) is 7.13. The number of piperidine rings is 1. The highest BCUT2D eigenvalue weighted by molar-refractivity contribution is 5.81. The van der Waals surface area contributed by atoms with E-state index in [4.69, 9.17) is 5.73 Å². The molecule has 27 heavy (non-hydrogen) atoms. The lowest BCUT2D eigenvalue weighted by Crippen LogP contribution is -2.56. The Bertz CT molecular complexity index is 856. The molecule has 0 aromatic heterocycles. The van der Waals surface area contributed by atoms with Gasteiger partial charge in [0.1, 0.15) is 11.5 Å². The van der Waals surface area contributed by atoms with Crippen LogP contribution in [0.3, 0.4) is 0 Å². The van der Waals surface area contributed by atoms with E-state index in [1.807, 2.05) is 18.2 Å². The van der Waals surface area contributed by atoms with Gasteiger partial charge in [0.25, 0.3) is 0 Å². The summed E-state index contributed by atoms with van der Waals surface area (Å²) in [5.41, 5.74) is 8.48. The standard InChI is InChI=1S/C19H23N7O/c1-24-17-16(22-12-23-17)18(25-8-4-7-15(21)11-25)26(19(24)27)10-14-6-3-2-5-13(14)9-20/h2-3,5-6,12,15,17H,4,7-8,10-11,21H2,1H3,(H,22,23). The number of amides is 2. The minimum Gasteiger partial charge on any atom is -0.355 e. The molecule has 1 aromatic rings. The number of fused-ring (bicyclic) bond motifs is 1. The molecule has 3 aliphatic rings. The molecule has 0 spiro atoms. The van der Waals surface area contributed by atoms with Gasteiger partial charge in [0.2, 0.25) is 0 Å². The van der Waals surface area contributed by atoms with E-state index in [-0.39, 0.29) is 18.2 Å². The van der Waals surface area contributed by atoms with Crippen LogP contribution in [0.5, 0.6) is 0 Å². The van der Waals surface area contributed by atoms with Crippen LogP contribution >= 0.6 is 0 Å². The molecular formula is C19H23N7O. The Morgan fingerprint density at radius 1 is 1.41 bits per heavy atom. The molecule has 0 radical (unpaired) electrons. The molecule has 3 heterocycles. The van der Waals surface area contributed by atoms with Crippen molar-refractivity contribution < 1.29 is 4.79 Å². The summed E-state index contributed by atoms with van der Waals surface area (Å²) in [6, 6.07) is 9.55. The summed E-state index contributed by atoms with van der Waals surface area (Å²) in [4.78, 5) is 23.1. The largest absolute Gasteiger partial charge is 0.355 e. The van der Waals surface area contributed by atoms with E-state index in [1.54, 1.807) is 29.3 Å². The van der Waals surface area contributed by atoms with E-state index >= 15 is 0 Å². The minimum atomic E-state index is -0.340. The van der Waals surface area contributed by atoms with Gasteiger partial charge in [0, 0.05) is 26.2 Å². The molecule has 1 saturated heterocycles. The monoisotopic (exact) mass is 365 g/mol. The predicted octanol–water partition coefficient (Wildman–Crippen LogP) is 0.975. The van der Waals surface area contributed by atoms with Gasteiger partial charge in [-0.1, -0.05) is 18.2 Å². The Balaban J connectivity index is 1.76. The van der Waals surface area contributed by atoms with Gasteiger partial charge in [-0.25, -0.2) is 9.79 Å². The molecule has 8 heteroatoms. The molecule has 1 fully saturated rings. The first-order chi connectivity index (χ1) is 13.1. The topological polar surface area (TPSA) is 101 Å². The van der Waals surface area contributed by atoms with Crippen LogP contribution in [0.2, 0.25) is 0 Å². The van der Waals surface area contributed by atoms with Crippen molar-refractivity contribution in [2.75, 3.05) is 20.1 Å². The van der Waals surface area contributed by atoms with Crippen molar-refractivity contribution in [1.82, 2.24) is 20.0 Å². The fraction of sp³-hybridized carbons (Fsp3) is 0.421. The zero-order valence-corrected chi connectivity index (χ0v) is 15.3. The fourth-order valence-electron chi connectivity index (χ4n) is 3.95. The van der Waals surface area contributed by atoms with Crippen LogP contribution in [0.15, 0.2) is 40.8 Å². The third-order valence-corrected chi connectivity index (χ3v) is 5.31. The van der Waals surface area contributed by atoms with E-state index in [9.17, 15) is 10.1 Å². The molecule has 0 aliphatic carbocycles. The average Bonchev–Trinajstić information content (AvgIpc) is 3.16. The number of likely N-dealkylation sites (N-methyl/N-ethyl adjacent to an activating group) is 1. The van der Waals surface area contributed by atoms with E-state index in [2.05, 4.69) is 21.3 Å². The maximum absolute atomic E-state index is 13.2. The number of nitrogens with one attached hydrogen (secondary N) is 1. The number of benzene rings is 1. The number of carbonyl (C=O) groups is 1. The van der Waals surface area contributed by atoms with Crippen molar-refractivity contribution >= 4 is 12.4 Å². The van der Waals surface area contributed by atoms with Gasteiger partial charge >= 0.3 is 6.03 Å². The maximum atomic E-state index is 13.2. The first-order valence-corrected chi connectivity index (χ1v) is 9.15. The number of nitrogens with two attached hydrogens (primary N) is 1. The molecule has 2 unspecified atom stereocenters.